The van der Waals surface area contributed by atoms with E-state index in [1.807, 2.05) is 6.92 Å². The minimum Gasteiger partial charge on any atom is -0.481 e. The second kappa shape index (κ2) is 4.74. The SMILES string of the molecule is CCC(C(=O)O)C1(O)CCCC(C)(C)CC1. The highest BCUT2D eigenvalue weighted by Gasteiger charge is 2.42. The van der Waals surface area contributed by atoms with Gasteiger partial charge in [0.2, 0.25) is 0 Å². The molecule has 1 rings (SSSR count). The molecule has 0 aromatic heterocycles. The third kappa shape index (κ3) is 2.97. The van der Waals surface area contributed by atoms with Gasteiger partial charge in [0.1, 0.15) is 0 Å². The number of rotatable bonds is 3. The van der Waals surface area contributed by atoms with Crippen LogP contribution in [-0.4, -0.2) is 21.8 Å². The molecule has 0 saturated heterocycles. The summed E-state index contributed by atoms with van der Waals surface area (Å²) in [5.74, 6) is -1.47. The summed E-state index contributed by atoms with van der Waals surface area (Å²) in [6.45, 7) is 6.23. The molecule has 2 atom stereocenters. The van der Waals surface area contributed by atoms with E-state index in [2.05, 4.69) is 13.8 Å². The van der Waals surface area contributed by atoms with Crippen LogP contribution >= 0.6 is 0 Å². The van der Waals surface area contributed by atoms with Crippen LogP contribution in [0.5, 0.6) is 0 Å². The molecular formula is C13H24O3. The summed E-state index contributed by atoms with van der Waals surface area (Å²) in [6.07, 6.45) is 4.66. The van der Waals surface area contributed by atoms with E-state index in [0.29, 0.717) is 19.3 Å². The van der Waals surface area contributed by atoms with Crippen LogP contribution in [0.4, 0.5) is 0 Å². The minimum absolute atomic E-state index is 0.237. The molecule has 94 valence electrons. The van der Waals surface area contributed by atoms with Gasteiger partial charge < -0.3 is 10.2 Å². The van der Waals surface area contributed by atoms with Gasteiger partial charge in [-0.1, -0.05) is 27.2 Å². The average molecular weight is 228 g/mol. The van der Waals surface area contributed by atoms with E-state index in [-0.39, 0.29) is 5.41 Å². The van der Waals surface area contributed by atoms with E-state index in [4.69, 9.17) is 5.11 Å². The maximum absolute atomic E-state index is 11.1. The van der Waals surface area contributed by atoms with E-state index in [1.54, 1.807) is 0 Å². The molecule has 1 fully saturated rings. The number of carboxylic acids is 1. The maximum Gasteiger partial charge on any atom is 0.309 e. The second-order valence-corrected chi connectivity index (χ2v) is 5.92. The minimum atomic E-state index is -0.992. The van der Waals surface area contributed by atoms with Gasteiger partial charge in [0, 0.05) is 0 Å². The summed E-state index contributed by atoms with van der Waals surface area (Å²) in [5.41, 5.74) is -0.754. The lowest BCUT2D eigenvalue weighted by Gasteiger charge is -2.33. The van der Waals surface area contributed by atoms with Gasteiger partial charge in [0.05, 0.1) is 11.5 Å². The van der Waals surface area contributed by atoms with Crippen molar-refractivity contribution in [3.05, 3.63) is 0 Å². The first-order valence-corrected chi connectivity index (χ1v) is 6.26. The van der Waals surface area contributed by atoms with Crippen LogP contribution in [0.1, 0.15) is 59.3 Å². The van der Waals surface area contributed by atoms with Gasteiger partial charge >= 0.3 is 5.97 Å². The number of aliphatic carboxylic acids is 1. The Balaban J connectivity index is 2.80. The summed E-state index contributed by atoms with van der Waals surface area (Å²) >= 11 is 0. The first kappa shape index (κ1) is 13.5. The lowest BCUT2D eigenvalue weighted by Crippen LogP contribution is -2.41. The molecule has 0 amide bonds. The normalized spacial score (nSPS) is 31.8. The van der Waals surface area contributed by atoms with Crippen LogP contribution in [0.15, 0.2) is 0 Å². The van der Waals surface area contributed by atoms with Crippen LogP contribution in [0.25, 0.3) is 0 Å². The molecule has 0 heterocycles. The van der Waals surface area contributed by atoms with E-state index in [1.165, 1.54) is 0 Å². The van der Waals surface area contributed by atoms with Crippen molar-refractivity contribution in [3.8, 4) is 0 Å². The molecule has 0 bridgehead atoms. The van der Waals surface area contributed by atoms with Crippen LogP contribution in [0, 0.1) is 11.3 Å². The average Bonchev–Trinajstić information content (AvgIpc) is 2.27. The van der Waals surface area contributed by atoms with E-state index < -0.39 is 17.5 Å². The predicted octanol–water partition coefficient (Wildman–Crippen LogP) is 2.82. The highest BCUT2D eigenvalue weighted by Crippen LogP contribution is 2.41. The van der Waals surface area contributed by atoms with E-state index in [0.717, 1.165) is 19.3 Å². The van der Waals surface area contributed by atoms with Gasteiger partial charge in [-0.2, -0.15) is 0 Å². The summed E-state index contributed by atoms with van der Waals surface area (Å²) in [6, 6.07) is 0. The summed E-state index contributed by atoms with van der Waals surface area (Å²) in [4.78, 5) is 11.1. The van der Waals surface area contributed by atoms with Crippen LogP contribution in [-0.2, 0) is 4.79 Å². The second-order valence-electron chi connectivity index (χ2n) is 5.92. The molecule has 2 unspecified atom stereocenters. The van der Waals surface area contributed by atoms with Crippen molar-refractivity contribution >= 4 is 5.97 Å². The van der Waals surface area contributed by atoms with Crippen LogP contribution < -0.4 is 0 Å². The molecule has 0 aliphatic heterocycles. The fourth-order valence-corrected chi connectivity index (χ4v) is 2.81. The third-order valence-electron chi connectivity index (χ3n) is 4.05. The fraction of sp³-hybridized carbons (Fsp3) is 0.923. The quantitative estimate of drug-likeness (QED) is 0.730. The number of carboxylic acid groups (broad SMARTS) is 1. The van der Waals surface area contributed by atoms with Crippen LogP contribution in [0.2, 0.25) is 0 Å². The Labute approximate surface area is 97.9 Å². The van der Waals surface area contributed by atoms with Crippen LogP contribution in [0.3, 0.4) is 0 Å². The molecule has 1 aliphatic rings. The lowest BCUT2D eigenvalue weighted by molar-refractivity contribution is -0.153. The van der Waals surface area contributed by atoms with Gasteiger partial charge in [-0.05, 0) is 37.5 Å². The third-order valence-corrected chi connectivity index (χ3v) is 4.05. The van der Waals surface area contributed by atoms with Gasteiger partial charge in [-0.25, -0.2) is 0 Å². The Hall–Kier alpha value is -0.570. The Morgan fingerprint density at radius 1 is 1.25 bits per heavy atom. The largest absolute Gasteiger partial charge is 0.481 e. The summed E-state index contributed by atoms with van der Waals surface area (Å²) in [7, 11) is 0. The number of aliphatic hydroxyl groups is 1. The molecule has 3 heteroatoms. The van der Waals surface area contributed by atoms with Crippen molar-refractivity contribution in [2.75, 3.05) is 0 Å². The van der Waals surface area contributed by atoms with Crippen molar-refractivity contribution in [1.82, 2.24) is 0 Å². The summed E-state index contributed by atoms with van der Waals surface area (Å²) < 4.78 is 0. The molecule has 3 nitrogen and oxygen atoms in total. The predicted molar refractivity (Wildman–Crippen MR) is 63.2 cm³/mol. The molecule has 1 saturated carbocycles. The first-order chi connectivity index (χ1) is 7.31. The molecule has 2 N–H and O–H groups in total. The number of carbonyl (C=O) groups is 1. The smallest absolute Gasteiger partial charge is 0.309 e. The Kier molecular flexibility index (Phi) is 4.00. The molecule has 0 radical (unpaired) electrons. The molecule has 0 aromatic rings. The molecule has 0 spiro atoms. The zero-order valence-electron chi connectivity index (χ0n) is 10.6. The maximum atomic E-state index is 11.1. The highest BCUT2D eigenvalue weighted by atomic mass is 16.4. The number of hydrogen-bond donors (Lipinski definition) is 2. The van der Waals surface area contributed by atoms with Crippen molar-refractivity contribution in [2.24, 2.45) is 11.3 Å². The monoisotopic (exact) mass is 228 g/mol. The standard InChI is InChI=1S/C13H24O3/c1-4-10(11(14)15)13(16)7-5-6-12(2,3)8-9-13/h10,16H,4-9H2,1-3H3,(H,14,15). The topological polar surface area (TPSA) is 57.5 Å². The Morgan fingerprint density at radius 2 is 1.88 bits per heavy atom. The van der Waals surface area contributed by atoms with Crippen molar-refractivity contribution in [2.45, 2.75) is 64.9 Å². The molecule has 0 aromatic carbocycles. The first-order valence-electron chi connectivity index (χ1n) is 6.26. The Bertz CT molecular complexity index is 260. The van der Waals surface area contributed by atoms with Gasteiger partial charge in [-0.15, -0.1) is 0 Å². The Morgan fingerprint density at radius 3 is 2.38 bits per heavy atom. The number of hydrogen-bond acceptors (Lipinski definition) is 2. The van der Waals surface area contributed by atoms with Gasteiger partial charge in [-0.3, -0.25) is 4.79 Å². The van der Waals surface area contributed by atoms with E-state index >= 15 is 0 Å². The highest BCUT2D eigenvalue weighted by molar-refractivity contribution is 5.71. The zero-order chi connectivity index (χ0) is 12.4. The fourth-order valence-electron chi connectivity index (χ4n) is 2.81. The molecule has 16 heavy (non-hydrogen) atoms. The van der Waals surface area contributed by atoms with Crippen molar-refractivity contribution in [1.29, 1.82) is 0 Å². The summed E-state index contributed by atoms with van der Waals surface area (Å²) in [5, 5.41) is 19.7. The van der Waals surface area contributed by atoms with Gasteiger partial charge in [0.25, 0.3) is 0 Å². The van der Waals surface area contributed by atoms with Crippen molar-refractivity contribution in [3.63, 3.8) is 0 Å². The van der Waals surface area contributed by atoms with E-state index in [9.17, 15) is 9.90 Å². The molecule has 1 aliphatic carbocycles. The van der Waals surface area contributed by atoms with Gasteiger partial charge in [0.15, 0.2) is 0 Å². The lowest BCUT2D eigenvalue weighted by atomic mass is 9.78. The van der Waals surface area contributed by atoms with Crippen molar-refractivity contribution < 1.29 is 15.0 Å². The zero-order valence-corrected chi connectivity index (χ0v) is 10.6. The molecular weight excluding hydrogens is 204 g/mol.